The van der Waals surface area contributed by atoms with Gasteiger partial charge in [-0.2, -0.15) is 0 Å². The van der Waals surface area contributed by atoms with E-state index in [1.54, 1.807) is 22.7 Å². The van der Waals surface area contributed by atoms with Gasteiger partial charge in [0.1, 0.15) is 7.05 Å². The minimum Gasteiger partial charge on any atom is -0.242 e. The fourth-order valence-electron chi connectivity index (χ4n) is 4.95. The summed E-state index contributed by atoms with van der Waals surface area (Å²) in [7, 11) is 2.13. The van der Waals surface area contributed by atoms with Gasteiger partial charge in [0.2, 0.25) is 5.69 Å². The van der Waals surface area contributed by atoms with Crippen molar-refractivity contribution in [3.63, 3.8) is 0 Å². The quantitative estimate of drug-likeness (QED) is 0.226. The van der Waals surface area contributed by atoms with E-state index in [1.165, 1.54) is 49.0 Å². The molecule has 0 spiro atoms. The standard InChI is InChI=1S/C31H28N3S2/c1-19-22-8-6-7-9-23(22)25(31(2,3)4)18-24(19)27-17-21(12-14-34(27)5)20-10-11-28-26(16-20)33-30(36-28)29-32-13-15-35-29/h6-18H,1-5H3/q+1. The molecule has 3 nitrogen and oxygen atoms in total. The summed E-state index contributed by atoms with van der Waals surface area (Å²) in [5.41, 5.74) is 8.62. The van der Waals surface area contributed by atoms with Crippen LogP contribution in [0.25, 0.3) is 53.4 Å². The van der Waals surface area contributed by atoms with Crippen LogP contribution in [0.4, 0.5) is 0 Å². The average molecular weight is 507 g/mol. The predicted molar refractivity (Wildman–Crippen MR) is 154 cm³/mol. The second-order valence-electron chi connectivity index (χ2n) is 10.3. The van der Waals surface area contributed by atoms with E-state index in [-0.39, 0.29) is 5.41 Å². The maximum absolute atomic E-state index is 4.89. The lowest BCUT2D eigenvalue weighted by molar-refractivity contribution is -0.660. The number of hydrogen-bond acceptors (Lipinski definition) is 4. The molecule has 6 rings (SSSR count). The van der Waals surface area contributed by atoms with E-state index in [4.69, 9.17) is 4.98 Å². The molecule has 3 heterocycles. The van der Waals surface area contributed by atoms with Crippen molar-refractivity contribution in [2.75, 3.05) is 0 Å². The van der Waals surface area contributed by atoms with E-state index in [2.05, 4.69) is 111 Å². The molecule has 0 aliphatic carbocycles. The maximum atomic E-state index is 4.89. The summed E-state index contributed by atoms with van der Waals surface area (Å²) >= 11 is 3.33. The Balaban J connectivity index is 1.50. The maximum Gasteiger partial charge on any atom is 0.213 e. The Morgan fingerprint density at radius 2 is 1.64 bits per heavy atom. The van der Waals surface area contributed by atoms with Crippen molar-refractivity contribution in [2.24, 2.45) is 7.05 Å². The Morgan fingerprint density at radius 3 is 2.39 bits per heavy atom. The summed E-state index contributed by atoms with van der Waals surface area (Å²) in [6.07, 6.45) is 4.01. The van der Waals surface area contributed by atoms with Gasteiger partial charge >= 0.3 is 0 Å². The van der Waals surface area contributed by atoms with E-state index in [0.717, 1.165) is 15.5 Å². The molecular weight excluding hydrogens is 478 g/mol. The predicted octanol–water partition coefficient (Wildman–Crippen LogP) is 8.34. The molecule has 0 N–H and O–H groups in total. The number of nitrogens with zero attached hydrogens (tertiary/aromatic N) is 3. The highest BCUT2D eigenvalue weighted by Crippen LogP contribution is 2.38. The molecule has 0 aliphatic heterocycles. The summed E-state index contributed by atoms with van der Waals surface area (Å²) in [5.74, 6) is 0. The van der Waals surface area contributed by atoms with Crippen molar-refractivity contribution >= 4 is 43.7 Å². The smallest absolute Gasteiger partial charge is 0.213 e. The third-order valence-corrected chi connectivity index (χ3v) is 8.84. The van der Waals surface area contributed by atoms with Crippen LogP contribution in [0.2, 0.25) is 0 Å². The summed E-state index contributed by atoms with van der Waals surface area (Å²) in [4.78, 5) is 9.32. The van der Waals surface area contributed by atoms with Gasteiger partial charge in [-0.25, -0.2) is 14.5 Å². The molecule has 36 heavy (non-hydrogen) atoms. The zero-order valence-corrected chi connectivity index (χ0v) is 22.8. The van der Waals surface area contributed by atoms with Gasteiger partial charge in [0.15, 0.2) is 16.2 Å². The topological polar surface area (TPSA) is 29.7 Å². The van der Waals surface area contributed by atoms with Crippen LogP contribution in [-0.4, -0.2) is 9.97 Å². The first kappa shape index (κ1) is 23.0. The first-order valence-electron chi connectivity index (χ1n) is 12.1. The number of fused-ring (bicyclic) bond motifs is 2. The number of rotatable bonds is 3. The van der Waals surface area contributed by atoms with Crippen LogP contribution < -0.4 is 4.57 Å². The molecule has 0 saturated carbocycles. The largest absolute Gasteiger partial charge is 0.242 e. The van der Waals surface area contributed by atoms with Gasteiger partial charge in [0.05, 0.1) is 10.2 Å². The van der Waals surface area contributed by atoms with Gasteiger partial charge < -0.3 is 0 Å². The lowest BCUT2D eigenvalue weighted by atomic mass is 9.80. The summed E-state index contributed by atoms with van der Waals surface area (Å²) in [6, 6.07) is 22.3. The van der Waals surface area contributed by atoms with Crippen molar-refractivity contribution in [2.45, 2.75) is 33.1 Å². The normalized spacial score (nSPS) is 12.0. The molecule has 3 aromatic carbocycles. The zero-order valence-electron chi connectivity index (χ0n) is 21.2. The fraction of sp³-hybridized carbons (Fsp3) is 0.194. The number of hydrogen-bond donors (Lipinski definition) is 0. The molecule has 6 aromatic rings. The van der Waals surface area contributed by atoms with Crippen LogP contribution in [0.1, 0.15) is 31.9 Å². The van der Waals surface area contributed by atoms with Crippen molar-refractivity contribution < 1.29 is 4.57 Å². The summed E-state index contributed by atoms with van der Waals surface area (Å²) in [6.45, 7) is 9.15. The Labute approximate surface area is 219 Å². The fourth-order valence-corrected chi connectivity index (χ4v) is 6.58. The Kier molecular flexibility index (Phi) is 5.51. The van der Waals surface area contributed by atoms with Crippen molar-refractivity contribution in [1.29, 1.82) is 0 Å². The van der Waals surface area contributed by atoms with Crippen LogP contribution in [0.15, 0.2) is 78.4 Å². The van der Waals surface area contributed by atoms with Gasteiger partial charge in [-0.3, -0.25) is 0 Å². The molecule has 5 heteroatoms. The van der Waals surface area contributed by atoms with Crippen LogP contribution >= 0.6 is 22.7 Å². The third kappa shape index (κ3) is 3.93. The number of pyridine rings is 1. The van der Waals surface area contributed by atoms with Gasteiger partial charge in [-0.15, -0.1) is 22.7 Å². The highest BCUT2D eigenvalue weighted by molar-refractivity contribution is 7.24. The number of benzene rings is 3. The number of thiazole rings is 2. The molecule has 0 radical (unpaired) electrons. The molecular formula is C31H28N3S2+. The molecule has 0 saturated heterocycles. The van der Waals surface area contributed by atoms with Crippen LogP contribution in [-0.2, 0) is 12.5 Å². The first-order chi connectivity index (χ1) is 17.3. The Bertz CT molecular complexity index is 1740. The molecule has 0 atom stereocenters. The van der Waals surface area contributed by atoms with E-state index in [9.17, 15) is 0 Å². The third-order valence-electron chi connectivity index (χ3n) is 6.88. The van der Waals surface area contributed by atoms with Crippen molar-refractivity contribution in [1.82, 2.24) is 9.97 Å². The molecule has 0 amide bonds. The van der Waals surface area contributed by atoms with Crippen LogP contribution in [0, 0.1) is 6.92 Å². The second kappa shape index (κ2) is 8.61. The summed E-state index contributed by atoms with van der Waals surface area (Å²) in [5, 5.41) is 6.63. The second-order valence-corrected chi connectivity index (χ2v) is 12.3. The van der Waals surface area contributed by atoms with Crippen molar-refractivity contribution in [3.8, 4) is 32.4 Å². The number of aryl methyl sites for hydroxylation is 2. The number of aromatic nitrogens is 3. The van der Waals surface area contributed by atoms with E-state index < -0.39 is 0 Å². The van der Waals surface area contributed by atoms with Gasteiger partial charge in [-0.1, -0.05) is 51.1 Å². The molecule has 0 bridgehead atoms. The highest BCUT2D eigenvalue weighted by atomic mass is 32.1. The Morgan fingerprint density at radius 1 is 0.861 bits per heavy atom. The van der Waals surface area contributed by atoms with E-state index >= 15 is 0 Å². The minimum absolute atomic E-state index is 0.0447. The SMILES string of the molecule is Cc1c(-c2cc(-c3ccc4sc(-c5nccs5)nc4c3)cc[n+]2C)cc(C(C)(C)C)c2ccccc12. The molecule has 3 aromatic heterocycles. The average Bonchev–Trinajstić information content (AvgIpc) is 3.54. The lowest BCUT2D eigenvalue weighted by Crippen LogP contribution is -2.30. The van der Waals surface area contributed by atoms with E-state index in [1.807, 2.05) is 11.6 Å². The molecule has 0 unspecified atom stereocenters. The lowest BCUT2D eigenvalue weighted by Gasteiger charge is -2.24. The van der Waals surface area contributed by atoms with Gasteiger partial charge in [-0.05, 0) is 63.6 Å². The molecule has 0 aliphatic rings. The van der Waals surface area contributed by atoms with Gasteiger partial charge in [0.25, 0.3) is 0 Å². The van der Waals surface area contributed by atoms with Crippen molar-refractivity contribution in [3.05, 3.63) is 89.6 Å². The first-order valence-corrected chi connectivity index (χ1v) is 13.8. The minimum atomic E-state index is 0.0447. The van der Waals surface area contributed by atoms with Gasteiger partial charge in [0, 0.05) is 29.3 Å². The molecule has 178 valence electrons. The summed E-state index contributed by atoms with van der Waals surface area (Å²) < 4.78 is 3.42. The highest BCUT2D eigenvalue weighted by Gasteiger charge is 2.23. The monoisotopic (exact) mass is 506 g/mol. The Hall–Kier alpha value is -3.41. The van der Waals surface area contributed by atoms with E-state index in [0.29, 0.717) is 0 Å². The van der Waals surface area contributed by atoms with Crippen LogP contribution in [0.3, 0.4) is 0 Å². The van der Waals surface area contributed by atoms with Crippen LogP contribution in [0.5, 0.6) is 0 Å². The molecule has 0 fully saturated rings. The zero-order chi connectivity index (χ0) is 25.0.